The summed E-state index contributed by atoms with van der Waals surface area (Å²) in [5.41, 5.74) is 0. The average Bonchev–Trinajstić information content (AvgIpc) is 2.17. The molecule has 0 saturated carbocycles. The predicted molar refractivity (Wildman–Crippen MR) is 43.0 cm³/mol. The third-order valence-electron chi connectivity index (χ3n) is 2.04. The summed E-state index contributed by atoms with van der Waals surface area (Å²) < 4.78 is 0. The van der Waals surface area contributed by atoms with Gasteiger partial charge in [0.05, 0.1) is 0 Å². The molecule has 0 bridgehead atoms. The highest BCUT2D eigenvalue weighted by molar-refractivity contribution is 5.74. The quantitative estimate of drug-likeness (QED) is 0.489. The van der Waals surface area contributed by atoms with Crippen LogP contribution in [0.2, 0.25) is 0 Å². The lowest BCUT2D eigenvalue weighted by Gasteiger charge is -2.35. The summed E-state index contributed by atoms with van der Waals surface area (Å²) >= 11 is 0. The van der Waals surface area contributed by atoms with E-state index < -0.39 is 6.09 Å². The molecule has 13 heavy (non-hydrogen) atoms. The SMILES string of the molecule is CNC(=O)N1CCN(C(=O)[O-])CC1. The lowest BCUT2D eigenvalue weighted by molar-refractivity contribution is -0.266. The van der Waals surface area contributed by atoms with E-state index in [-0.39, 0.29) is 6.03 Å². The smallest absolute Gasteiger partial charge is 0.317 e. The second-order valence-corrected chi connectivity index (χ2v) is 2.80. The molecule has 1 rings (SSSR count). The standard InChI is InChI=1S/C7H13N3O3/c1-8-6(11)9-2-4-10(5-3-9)7(12)13/h2-5H2,1H3,(H,8,11)(H,12,13)/p-1. The van der Waals surface area contributed by atoms with Crippen molar-refractivity contribution in [3.63, 3.8) is 0 Å². The molecule has 74 valence electrons. The number of carboxylic acid groups (broad SMARTS) is 1. The molecule has 0 radical (unpaired) electrons. The molecule has 0 aromatic heterocycles. The summed E-state index contributed by atoms with van der Waals surface area (Å²) in [5, 5.41) is 12.9. The van der Waals surface area contributed by atoms with E-state index in [0.717, 1.165) is 0 Å². The molecule has 0 aliphatic carbocycles. The number of rotatable bonds is 0. The van der Waals surface area contributed by atoms with Crippen LogP contribution in [0.15, 0.2) is 0 Å². The average molecular weight is 186 g/mol. The first-order valence-corrected chi connectivity index (χ1v) is 4.07. The molecule has 1 fully saturated rings. The normalized spacial score (nSPS) is 17.0. The van der Waals surface area contributed by atoms with Gasteiger partial charge in [-0.05, 0) is 0 Å². The van der Waals surface area contributed by atoms with E-state index in [2.05, 4.69) is 5.32 Å². The van der Waals surface area contributed by atoms with Crippen molar-refractivity contribution in [2.75, 3.05) is 33.2 Å². The minimum Gasteiger partial charge on any atom is -0.530 e. The lowest BCUT2D eigenvalue weighted by atomic mass is 10.3. The van der Waals surface area contributed by atoms with E-state index in [1.165, 1.54) is 4.90 Å². The maximum absolute atomic E-state index is 11.1. The van der Waals surface area contributed by atoms with E-state index in [0.29, 0.717) is 26.2 Å². The summed E-state index contributed by atoms with van der Waals surface area (Å²) in [6.45, 7) is 1.51. The third-order valence-corrected chi connectivity index (χ3v) is 2.04. The number of piperazine rings is 1. The molecule has 0 spiro atoms. The number of urea groups is 1. The van der Waals surface area contributed by atoms with E-state index in [1.54, 1.807) is 11.9 Å². The Kier molecular flexibility index (Phi) is 2.94. The highest BCUT2D eigenvalue weighted by Crippen LogP contribution is 2.00. The van der Waals surface area contributed by atoms with Gasteiger partial charge in [0.1, 0.15) is 6.09 Å². The fourth-order valence-corrected chi connectivity index (χ4v) is 1.25. The first-order chi connectivity index (χ1) is 6.15. The first-order valence-electron chi connectivity index (χ1n) is 4.07. The number of carbonyl (C=O) groups is 2. The van der Waals surface area contributed by atoms with Gasteiger partial charge in [-0.15, -0.1) is 0 Å². The van der Waals surface area contributed by atoms with Gasteiger partial charge in [0.2, 0.25) is 0 Å². The molecule has 0 aromatic rings. The van der Waals surface area contributed by atoms with Crippen LogP contribution in [0, 0.1) is 0 Å². The number of nitrogens with zero attached hydrogens (tertiary/aromatic N) is 2. The van der Waals surface area contributed by atoms with Crippen LogP contribution in [0.25, 0.3) is 0 Å². The van der Waals surface area contributed by atoms with Crippen LogP contribution in [-0.4, -0.2) is 55.2 Å². The summed E-state index contributed by atoms with van der Waals surface area (Å²) in [6.07, 6.45) is -1.17. The second-order valence-electron chi connectivity index (χ2n) is 2.80. The molecule has 6 nitrogen and oxygen atoms in total. The van der Waals surface area contributed by atoms with E-state index in [9.17, 15) is 14.7 Å². The summed E-state index contributed by atoms with van der Waals surface area (Å²) in [5.74, 6) is 0. The number of nitrogens with one attached hydrogen (secondary N) is 1. The van der Waals surface area contributed by atoms with E-state index >= 15 is 0 Å². The molecule has 1 N–H and O–H groups in total. The van der Waals surface area contributed by atoms with Crippen molar-refractivity contribution in [3.8, 4) is 0 Å². The zero-order chi connectivity index (χ0) is 9.84. The molecule has 0 unspecified atom stereocenters. The maximum Gasteiger partial charge on any atom is 0.317 e. The number of hydrogen-bond acceptors (Lipinski definition) is 3. The van der Waals surface area contributed by atoms with Crippen molar-refractivity contribution >= 4 is 12.1 Å². The molecular formula is C7H12N3O3-. The molecule has 1 aliphatic rings. The van der Waals surface area contributed by atoms with Gasteiger partial charge in [-0.2, -0.15) is 0 Å². The summed E-state index contributed by atoms with van der Waals surface area (Å²) in [6, 6.07) is -0.169. The summed E-state index contributed by atoms with van der Waals surface area (Å²) in [7, 11) is 1.55. The minimum atomic E-state index is -1.17. The predicted octanol–water partition coefficient (Wildman–Crippen LogP) is -1.71. The zero-order valence-corrected chi connectivity index (χ0v) is 7.45. The Labute approximate surface area is 76.1 Å². The Morgan fingerprint density at radius 1 is 1.15 bits per heavy atom. The summed E-state index contributed by atoms with van der Waals surface area (Å²) in [4.78, 5) is 24.2. The first kappa shape index (κ1) is 9.63. The number of amides is 3. The Hall–Kier alpha value is -1.46. The van der Waals surface area contributed by atoms with Gasteiger partial charge < -0.3 is 25.0 Å². The van der Waals surface area contributed by atoms with Crippen molar-refractivity contribution in [3.05, 3.63) is 0 Å². The number of carbonyl (C=O) groups excluding carboxylic acids is 2. The third kappa shape index (κ3) is 2.24. The topological polar surface area (TPSA) is 75.7 Å². The molecule has 1 saturated heterocycles. The van der Waals surface area contributed by atoms with Gasteiger partial charge in [-0.1, -0.05) is 0 Å². The van der Waals surface area contributed by atoms with Crippen molar-refractivity contribution in [2.45, 2.75) is 0 Å². The van der Waals surface area contributed by atoms with Crippen molar-refractivity contribution in [1.29, 1.82) is 0 Å². The van der Waals surface area contributed by atoms with Crippen LogP contribution in [0.5, 0.6) is 0 Å². The number of hydrogen-bond donors (Lipinski definition) is 1. The van der Waals surface area contributed by atoms with Crippen LogP contribution >= 0.6 is 0 Å². The fraction of sp³-hybridized carbons (Fsp3) is 0.714. The molecular weight excluding hydrogens is 174 g/mol. The zero-order valence-electron chi connectivity index (χ0n) is 7.45. The molecule has 1 heterocycles. The Morgan fingerprint density at radius 2 is 1.62 bits per heavy atom. The van der Waals surface area contributed by atoms with Crippen LogP contribution in [0.4, 0.5) is 9.59 Å². The highest BCUT2D eigenvalue weighted by Gasteiger charge is 2.19. The maximum atomic E-state index is 11.1. The molecule has 1 aliphatic heterocycles. The second kappa shape index (κ2) is 3.97. The monoisotopic (exact) mass is 186 g/mol. The van der Waals surface area contributed by atoms with Crippen LogP contribution in [0.1, 0.15) is 0 Å². The minimum absolute atomic E-state index is 0.169. The Bertz CT molecular complexity index is 211. The molecule has 3 amide bonds. The largest absolute Gasteiger partial charge is 0.530 e. The van der Waals surface area contributed by atoms with Gasteiger partial charge in [0.25, 0.3) is 0 Å². The van der Waals surface area contributed by atoms with Gasteiger partial charge in [0, 0.05) is 33.2 Å². The fourth-order valence-electron chi connectivity index (χ4n) is 1.25. The molecule has 0 atom stereocenters. The van der Waals surface area contributed by atoms with Crippen molar-refractivity contribution in [1.82, 2.24) is 15.1 Å². The van der Waals surface area contributed by atoms with E-state index in [1.807, 2.05) is 0 Å². The van der Waals surface area contributed by atoms with Gasteiger partial charge in [-0.3, -0.25) is 0 Å². The molecule has 6 heteroatoms. The van der Waals surface area contributed by atoms with Crippen LogP contribution in [-0.2, 0) is 0 Å². The molecule has 0 aromatic carbocycles. The van der Waals surface area contributed by atoms with Gasteiger partial charge in [0.15, 0.2) is 0 Å². The highest BCUT2D eigenvalue weighted by atomic mass is 16.4. The van der Waals surface area contributed by atoms with Crippen LogP contribution in [0.3, 0.4) is 0 Å². The Balaban J connectivity index is 2.39. The lowest BCUT2D eigenvalue weighted by Crippen LogP contribution is -2.55. The van der Waals surface area contributed by atoms with Crippen molar-refractivity contribution in [2.24, 2.45) is 0 Å². The van der Waals surface area contributed by atoms with Crippen molar-refractivity contribution < 1.29 is 14.7 Å². The Morgan fingerprint density at radius 3 is 2.00 bits per heavy atom. The van der Waals surface area contributed by atoms with Gasteiger partial charge in [-0.25, -0.2) is 4.79 Å². The van der Waals surface area contributed by atoms with Gasteiger partial charge >= 0.3 is 6.03 Å². The van der Waals surface area contributed by atoms with Crippen LogP contribution < -0.4 is 10.4 Å². The van der Waals surface area contributed by atoms with E-state index in [4.69, 9.17) is 0 Å².